The Balaban J connectivity index is 1.33. The van der Waals surface area contributed by atoms with Gasteiger partial charge in [-0.2, -0.15) is 0 Å². The Morgan fingerprint density at radius 2 is 0.870 bits per heavy atom. The summed E-state index contributed by atoms with van der Waals surface area (Å²) in [4.78, 5) is 23.4. The molecular weight excluding hydrogens is 562 g/mol. The maximum Gasteiger partial charge on any atom is 0.0971 e. The molecule has 4 aromatic carbocycles. The first-order valence-corrected chi connectivity index (χ1v) is 15.2. The minimum Gasteiger partial charge on any atom is -0.265 e. The predicted octanol–water partition coefficient (Wildman–Crippen LogP) is 9.94. The number of hydrogen-bond donors (Lipinski definition) is 0. The smallest absolute Gasteiger partial charge is 0.0971 e. The molecule has 0 saturated carbocycles. The molecule has 0 fully saturated rings. The van der Waals surface area contributed by atoms with Crippen LogP contribution in [0.5, 0.6) is 0 Å². The van der Waals surface area contributed by atoms with E-state index in [1.165, 1.54) is 0 Å². The van der Waals surface area contributed by atoms with Gasteiger partial charge in [-0.15, -0.1) is 0 Å². The van der Waals surface area contributed by atoms with Crippen LogP contribution in [0.2, 0.25) is 0 Å². The van der Waals surface area contributed by atoms with Crippen molar-refractivity contribution in [3.8, 4) is 44.6 Å². The van der Waals surface area contributed by atoms with E-state index in [0.29, 0.717) is 0 Å². The highest BCUT2D eigenvalue weighted by atomic mass is 14.7. The second kappa shape index (κ2) is 10.7. The molecule has 0 aliphatic rings. The summed E-state index contributed by atoms with van der Waals surface area (Å²) in [5.41, 5.74) is 11.4. The SMILES string of the molecule is c1cc(-c2cc(-c3ccncc3)cc(-c3ccncc3)c2)cc(-c2nc3ccccc3c3c4cccnc4c4ncccc4c23)c1. The fourth-order valence-corrected chi connectivity index (χ4v) is 6.62. The summed E-state index contributed by atoms with van der Waals surface area (Å²) in [5, 5.41) is 5.46. The number of nitrogens with zero attached hydrogens (tertiary/aromatic N) is 5. The fraction of sp³-hybridized carbons (Fsp3) is 0. The van der Waals surface area contributed by atoms with Gasteiger partial charge >= 0.3 is 0 Å². The van der Waals surface area contributed by atoms with Gasteiger partial charge in [-0.25, -0.2) is 4.98 Å². The lowest BCUT2D eigenvalue weighted by atomic mass is 9.91. The van der Waals surface area contributed by atoms with Crippen molar-refractivity contribution in [2.45, 2.75) is 0 Å². The van der Waals surface area contributed by atoms with E-state index in [2.05, 4.69) is 113 Å². The van der Waals surface area contributed by atoms with Crippen LogP contribution < -0.4 is 0 Å². The van der Waals surface area contributed by atoms with Gasteiger partial charge in [0.05, 0.1) is 22.2 Å². The normalized spacial score (nSPS) is 11.5. The Labute approximate surface area is 264 Å². The third kappa shape index (κ3) is 4.29. The van der Waals surface area contributed by atoms with Crippen molar-refractivity contribution in [2.75, 3.05) is 0 Å². The van der Waals surface area contributed by atoms with Crippen LogP contribution >= 0.6 is 0 Å². The summed E-state index contributed by atoms with van der Waals surface area (Å²) in [5.74, 6) is 0. The van der Waals surface area contributed by atoms with Crippen LogP contribution in [0, 0.1) is 0 Å². The number of para-hydroxylation sites is 1. The summed E-state index contributed by atoms with van der Waals surface area (Å²) in [6, 6.07) is 40.3. The van der Waals surface area contributed by atoms with E-state index in [-0.39, 0.29) is 0 Å². The molecule has 214 valence electrons. The topological polar surface area (TPSA) is 64.5 Å². The average molecular weight is 588 g/mol. The zero-order chi connectivity index (χ0) is 30.5. The highest BCUT2D eigenvalue weighted by molar-refractivity contribution is 6.32. The minimum atomic E-state index is 0.882. The molecule has 0 spiro atoms. The lowest BCUT2D eigenvalue weighted by Crippen LogP contribution is -1.95. The fourth-order valence-electron chi connectivity index (χ4n) is 6.62. The maximum absolute atomic E-state index is 5.33. The summed E-state index contributed by atoms with van der Waals surface area (Å²) in [6.45, 7) is 0. The molecule has 5 heteroatoms. The number of fused-ring (bicyclic) bond motifs is 8. The molecule has 5 nitrogen and oxygen atoms in total. The zero-order valence-electron chi connectivity index (χ0n) is 24.7. The second-order valence-corrected chi connectivity index (χ2v) is 11.4. The predicted molar refractivity (Wildman–Crippen MR) is 187 cm³/mol. The van der Waals surface area contributed by atoms with E-state index in [1.807, 2.05) is 49.3 Å². The van der Waals surface area contributed by atoms with Gasteiger partial charge in [0, 0.05) is 69.7 Å². The molecule has 0 aliphatic heterocycles. The summed E-state index contributed by atoms with van der Waals surface area (Å²) >= 11 is 0. The van der Waals surface area contributed by atoms with E-state index < -0.39 is 0 Å². The molecule has 5 aromatic heterocycles. The van der Waals surface area contributed by atoms with Crippen LogP contribution in [0.3, 0.4) is 0 Å². The molecule has 46 heavy (non-hydrogen) atoms. The lowest BCUT2D eigenvalue weighted by Gasteiger charge is -2.16. The third-order valence-electron chi connectivity index (χ3n) is 8.70. The monoisotopic (exact) mass is 587 g/mol. The van der Waals surface area contributed by atoms with Crippen LogP contribution in [-0.2, 0) is 0 Å². The van der Waals surface area contributed by atoms with Gasteiger partial charge in [0.25, 0.3) is 0 Å². The quantitative estimate of drug-likeness (QED) is 0.192. The highest BCUT2D eigenvalue weighted by Crippen LogP contribution is 2.42. The third-order valence-corrected chi connectivity index (χ3v) is 8.70. The molecule has 0 radical (unpaired) electrons. The number of hydrogen-bond acceptors (Lipinski definition) is 5. The minimum absolute atomic E-state index is 0.882. The average Bonchev–Trinajstić information content (AvgIpc) is 3.15. The van der Waals surface area contributed by atoms with Crippen molar-refractivity contribution in [3.05, 3.63) is 152 Å². The first kappa shape index (κ1) is 26.1. The molecule has 9 aromatic rings. The van der Waals surface area contributed by atoms with Gasteiger partial charge in [-0.05, 0) is 100 Å². The summed E-state index contributed by atoms with van der Waals surface area (Å²) in [6.07, 6.45) is 11.0. The second-order valence-electron chi connectivity index (χ2n) is 11.4. The molecule has 0 amide bonds. The van der Waals surface area contributed by atoms with Gasteiger partial charge in [0.15, 0.2) is 0 Å². The molecule has 9 rings (SSSR count). The van der Waals surface area contributed by atoms with Crippen molar-refractivity contribution < 1.29 is 0 Å². The largest absolute Gasteiger partial charge is 0.265 e. The zero-order valence-corrected chi connectivity index (χ0v) is 24.7. The van der Waals surface area contributed by atoms with Gasteiger partial charge in [-0.3, -0.25) is 19.9 Å². The van der Waals surface area contributed by atoms with Gasteiger partial charge < -0.3 is 0 Å². The van der Waals surface area contributed by atoms with Gasteiger partial charge in [0.1, 0.15) is 0 Å². The van der Waals surface area contributed by atoms with E-state index >= 15 is 0 Å². The molecular formula is C41H25N5. The summed E-state index contributed by atoms with van der Waals surface area (Å²) < 4.78 is 0. The van der Waals surface area contributed by atoms with Crippen LogP contribution in [0.25, 0.3) is 88.1 Å². The van der Waals surface area contributed by atoms with Crippen LogP contribution in [-0.4, -0.2) is 24.9 Å². The highest BCUT2D eigenvalue weighted by Gasteiger charge is 2.19. The van der Waals surface area contributed by atoms with Crippen LogP contribution in [0.15, 0.2) is 152 Å². The van der Waals surface area contributed by atoms with E-state index in [1.54, 1.807) is 0 Å². The van der Waals surface area contributed by atoms with Gasteiger partial charge in [0.2, 0.25) is 0 Å². The Hall–Kier alpha value is -6.33. The molecule has 0 bridgehead atoms. The van der Waals surface area contributed by atoms with Gasteiger partial charge in [-0.1, -0.05) is 48.5 Å². The van der Waals surface area contributed by atoms with Crippen molar-refractivity contribution in [1.29, 1.82) is 0 Å². The first-order valence-electron chi connectivity index (χ1n) is 15.2. The molecule has 0 saturated heterocycles. The molecule has 0 aliphatic carbocycles. The van der Waals surface area contributed by atoms with E-state index in [4.69, 9.17) is 15.0 Å². The summed E-state index contributed by atoms with van der Waals surface area (Å²) in [7, 11) is 0. The Morgan fingerprint density at radius 1 is 0.348 bits per heavy atom. The van der Waals surface area contributed by atoms with Crippen LogP contribution in [0.4, 0.5) is 0 Å². The van der Waals surface area contributed by atoms with Crippen LogP contribution in [0.1, 0.15) is 0 Å². The van der Waals surface area contributed by atoms with E-state index in [9.17, 15) is 0 Å². The van der Waals surface area contributed by atoms with Crippen molar-refractivity contribution in [3.63, 3.8) is 0 Å². The standard InChI is InChI=1S/C41H25N5/c1-2-11-36-33(8-1)37-34-9-4-16-44-40(34)41-35(10-5-17-45-41)38(37)39(46-36)29-7-3-6-28(22-29)32-24-30(26-12-18-42-19-13-26)23-31(25-32)27-14-20-43-21-15-27/h1-25H. The Kier molecular flexibility index (Phi) is 6.06. The number of pyridine rings is 5. The van der Waals surface area contributed by atoms with Crippen molar-refractivity contribution >= 4 is 43.5 Å². The maximum atomic E-state index is 5.33. The van der Waals surface area contributed by atoms with Crippen molar-refractivity contribution in [2.24, 2.45) is 0 Å². The Morgan fingerprint density at radius 3 is 1.52 bits per heavy atom. The Bertz CT molecular complexity index is 2520. The first-order chi connectivity index (χ1) is 22.8. The number of aromatic nitrogens is 5. The molecule has 0 atom stereocenters. The number of rotatable bonds is 4. The number of benzene rings is 4. The molecule has 0 N–H and O–H groups in total. The molecule has 5 heterocycles. The lowest BCUT2D eigenvalue weighted by molar-refractivity contribution is 1.33. The van der Waals surface area contributed by atoms with Crippen molar-refractivity contribution in [1.82, 2.24) is 24.9 Å². The molecule has 0 unspecified atom stereocenters. The van der Waals surface area contributed by atoms with E-state index in [0.717, 1.165) is 88.1 Å².